The van der Waals surface area contributed by atoms with E-state index in [-0.39, 0.29) is 17.9 Å². The lowest BCUT2D eigenvalue weighted by molar-refractivity contribution is -0.137. The van der Waals surface area contributed by atoms with Crippen LogP contribution in [0.25, 0.3) is 0 Å². The fourth-order valence-electron chi connectivity index (χ4n) is 3.19. The van der Waals surface area contributed by atoms with Gasteiger partial charge in [-0.25, -0.2) is 0 Å². The maximum absolute atomic E-state index is 12.8. The van der Waals surface area contributed by atoms with E-state index in [1.807, 2.05) is 23.1 Å². The Bertz CT molecular complexity index is 541. The number of likely N-dealkylation sites (N-methyl/N-ethyl adjacent to an activating group) is 1. The second kappa shape index (κ2) is 5.27. The molecule has 2 amide bonds. The molecule has 2 aliphatic rings. The summed E-state index contributed by atoms with van der Waals surface area (Å²) in [4.78, 5) is 28.3. The minimum atomic E-state index is -0.295. The van der Waals surface area contributed by atoms with Gasteiger partial charge in [0.15, 0.2) is 0 Å². The molecule has 4 nitrogen and oxygen atoms in total. The summed E-state index contributed by atoms with van der Waals surface area (Å²) < 4.78 is 0. The van der Waals surface area contributed by atoms with Gasteiger partial charge in [-0.3, -0.25) is 9.59 Å². The SMILES string of the molecule is CN1C(=O)CCCCC1C(=O)N1CCc2ccccc21. The Balaban J connectivity index is 1.84. The van der Waals surface area contributed by atoms with Crippen LogP contribution in [0.5, 0.6) is 0 Å². The molecule has 4 heteroatoms. The first-order valence-corrected chi connectivity index (χ1v) is 7.33. The molecule has 3 rings (SSSR count). The van der Waals surface area contributed by atoms with Crippen molar-refractivity contribution in [2.24, 2.45) is 0 Å². The molecule has 1 fully saturated rings. The first kappa shape index (κ1) is 13.2. The van der Waals surface area contributed by atoms with E-state index in [1.165, 1.54) is 5.56 Å². The average Bonchev–Trinajstić information content (AvgIpc) is 2.82. The van der Waals surface area contributed by atoms with Crippen molar-refractivity contribution >= 4 is 17.5 Å². The van der Waals surface area contributed by atoms with Gasteiger partial charge in [-0.05, 0) is 30.9 Å². The van der Waals surface area contributed by atoms with Crippen LogP contribution in [0.1, 0.15) is 31.2 Å². The number of hydrogen-bond acceptors (Lipinski definition) is 2. The summed E-state index contributed by atoms with van der Waals surface area (Å²) in [5.41, 5.74) is 2.24. The molecule has 1 unspecified atom stereocenters. The van der Waals surface area contributed by atoms with E-state index in [9.17, 15) is 9.59 Å². The van der Waals surface area contributed by atoms with Crippen molar-refractivity contribution in [3.8, 4) is 0 Å². The molecule has 0 spiro atoms. The van der Waals surface area contributed by atoms with E-state index < -0.39 is 0 Å². The van der Waals surface area contributed by atoms with Crippen LogP contribution in [0, 0.1) is 0 Å². The number of anilines is 1. The van der Waals surface area contributed by atoms with Gasteiger partial charge < -0.3 is 9.80 Å². The monoisotopic (exact) mass is 272 g/mol. The minimum Gasteiger partial charge on any atom is -0.334 e. The van der Waals surface area contributed by atoms with Gasteiger partial charge in [-0.1, -0.05) is 24.6 Å². The fraction of sp³-hybridized carbons (Fsp3) is 0.500. The predicted octanol–water partition coefficient (Wildman–Crippen LogP) is 1.98. The van der Waals surface area contributed by atoms with E-state index in [4.69, 9.17) is 0 Å². The number of para-hydroxylation sites is 1. The molecule has 1 atom stereocenters. The Kier molecular flexibility index (Phi) is 3.47. The number of fused-ring (bicyclic) bond motifs is 1. The summed E-state index contributed by atoms with van der Waals surface area (Å²) in [5, 5.41) is 0. The van der Waals surface area contributed by atoms with Crippen LogP contribution in [0.2, 0.25) is 0 Å². The van der Waals surface area contributed by atoms with E-state index in [0.29, 0.717) is 6.42 Å². The second-order valence-corrected chi connectivity index (χ2v) is 5.63. The zero-order chi connectivity index (χ0) is 14.1. The standard InChI is InChI=1S/C16H20N2O2/c1-17-14(8-4-5-9-15(17)19)16(20)18-11-10-12-6-2-3-7-13(12)18/h2-3,6-7,14H,4-5,8-11H2,1H3. The molecule has 0 radical (unpaired) electrons. The van der Waals surface area contributed by atoms with Crippen LogP contribution >= 0.6 is 0 Å². The number of carbonyl (C=O) groups excluding carboxylic acids is 2. The molecule has 1 aromatic carbocycles. The summed E-state index contributed by atoms with van der Waals surface area (Å²) in [7, 11) is 1.76. The smallest absolute Gasteiger partial charge is 0.249 e. The third kappa shape index (κ3) is 2.19. The lowest BCUT2D eigenvalue weighted by Crippen LogP contribution is -2.48. The van der Waals surface area contributed by atoms with Crippen LogP contribution < -0.4 is 4.90 Å². The Hall–Kier alpha value is -1.84. The molecule has 0 saturated carbocycles. The summed E-state index contributed by atoms with van der Waals surface area (Å²) in [5.74, 6) is 0.168. The van der Waals surface area contributed by atoms with Crippen molar-refractivity contribution in [1.29, 1.82) is 0 Å². The Morgan fingerprint density at radius 2 is 2.00 bits per heavy atom. The molecule has 106 valence electrons. The highest BCUT2D eigenvalue weighted by molar-refractivity contribution is 6.00. The highest BCUT2D eigenvalue weighted by Gasteiger charge is 2.34. The Labute approximate surface area is 119 Å². The molecule has 0 aliphatic carbocycles. The number of nitrogens with zero attached hydrogens (tertiary/aromatic N) is 2. The maximum Gasteiger partial charge on any atom is 0.249 e. The van der Waals surface area contributed by atoms with Crippen LogP contribution in [0.4, 0.5) is 5.69 Å². The fourth-order valence-corrected chi connectivity index (χ4v) is 3.19. The van der Waals surface area contributed by atoms with Crippen molar-refractivity contribution in [3.63, 3.8) is 0 Å². The largest absolute Gasteiger partial charge is 0.334 e. The van der Waals surface area contributed by atoms with Gasteiger partial charge >= 0.3 is 0 Å². The van der Waals surface area contributed by atoms with Crippen molar-refractivity contribution in [1.82, 2.24) is 4.90 Å². The second-order valence-electron chi connectivity index (χ2n) is 5.63. The number of amides is 2. The van der Waals surface area contributed by atoms with Crippen molar-refractivity contribution in [2.45, 2.75) is 38.1 Å². The first-order valence-electron chi connectivity index (χ1n) is 7.33. The Morgan fingerprint density at radius 3 is 2.85 bits per heavy atom. The molecule has 0 bridgehead atoms. The number of carbonyl (C=O) groups is 2. The molecule has 2 heterocycles. The van der Waals surface area contributed by atoms with Crippen LogP contribution in [-0.4, -0.2) is 36.3 Å². The zero-order valence-electron chi connectivity index (χ0n) is 11.8. The van der Waals surface area contributed by atoms with Crippen LogP contribution in [0.3, 0.4) is 0 Å². The van der Waals surface area contributed by atoms with Gasteiger partial charge in [0.05, 0.1) is 0 Å². The first-order chi connectivity index (χ1) is 9.68. The van der Waals surface area contributed by atoms with Gasteiger partial charge in [-0.2, -0.15) is 0 Å². The summed E-state index contributed by atoms with van der Waals surface area (Å²) in [6, 6.07) is 7.75. The molecule has 1 aromatic rings. The van der Waals surface area contributed by atoms with Crippen molar-refractivity contribution < 1.29 is 9.59 Å². The van der Waals surface area contributed by atoms with E-state index in [1.54, 1.807) is 11.9 Å². The molecule has 20 heavy (non-hydrogen) atoms. The third-order valence-electron chi connectivity index (χ3n) is 4.42. The molecule has 1 saturated heterocycles. The molecule has 2 aliphatic heterocycles. The summed E-state index contributed by atoms with van der Waals surface area (Å²) in [6.45, 7) is 0.733. The normalized spacial score (nSPS) is 22.6. The molecular weight excluding hydrogens is 252 g/mol. The lowest BCUT2D eigenvalue weighted by atomic mass is 10.1. The van der Waals surface area contributed by atoms with E-state index >= 15 is 0 Å². The molecule has 0 N–H and O–H groups in total. The lowest BCUT2D eigenvalue weighted by Gasteiger charge is -2.29. The van der Waals surface area contributed by atoms with Crippen molar-refractivity contribution in [2.75, 3.05) is 18.5 Å². The number of rotatable bonds is 1. The van der Waals surface area contributed by atoms with Crippen molar-refractivity contribution in [3.05, 3.63) is 29.8 Å². The highest BCUT2D eigenvalue weighted by Crippen LogP contribution is 2.29. The zero-order valence-corrected chi connectivity index (χ0v) is 11.8. The quantitative estimate of drug-likeness (QED) is 0.784. The predicted molar refractivity (Wildman–Crippen MR) is 77.5 cm³/mol. The third-order valence-corrected chi connectivity index (χ3v) is 4.42. The van der Waals surface area contributed by atoms with E-state index in [0.717, 1.165) is 37.9 Å². The summed E-state index contributed by atoms with van der Waals surface area (Å²) >= 11 is 0. The van der Waals surface area contributed by atoms with Gasteiger partial charge in [0.1, 0.15) is 6.04 Å². The number of likely N-dealkylation sites (tertiary alicyclic amines) is 1. The topological polar surface area (TPSA) is 40.6 Å². The van der Waals surface area contributed by atoms with Gasteiger partial charge in [0.2, 0.25) is 11.8 Å². The van der Waals surface area contributed by atoms with Crippen LogP contribution in [-0.2, 0) is 16.0 Å². The number of hydrogen-bond donors (Lipinski definition) is 0. The summed E-state index contributed by atoms with van der Waals surface area (Å²) in [6.07, 6.45) is 4.09. The maximum atomic E-state index is 12.8. The Morgan fingerprint density at radius 1 is 1.20 bits per heavy atom. The van der Waals surface area contributed by atoms with Crippen LogP contribution in [0.15, 0.2) is 24.3 Å². The van der Waals surface area contributed by atoms with E-state index in [2.05, 4.69) is 6.07 Å². The molecular formula is C16H20N2O2. The number of benzene rings is 1. The minimum absolute atomic E-state index is 0.0766. The van der Waals surface area contributed by atoms with Gasteiger partial charge in [0, 0.05) is 25.7 Å². The average molecular weight is 272 g/mol. The van der Waals surface area contributed by atoms with Gasteiger partial charge in [-0.15, -0.1) is 0 Å². The molecule has 0 aromatic heterocycles. The highest BCUT2D eigenvalue weighted by atomic mass is 16.2. The van der Waals surface area contributed by atoms with Gasteiger partial charge in [0.25, 0.3) is 0 Å².